The van der Waals surface area contributed by atoms with Gasteiger partial charge >= 0.3 is 5.97 Å². The van der Waals surface area contributed by atoms with Gasteiger partial charge in [0.05, 0.1) is 12.3 Å². The zero-order valence-corrected chi connectivity index (χ0v) is 10.9. The van der Waals surface area contributed by atoms with Crippen LogP contribution in [0.1, 0.15) is 6.92 Å². The molecule has 6 nitrogen and oxygen atoms in total. The monoisotopic (exact) mass is 282 g/mol. The first-order valence-corrected chi connectivity index (χ1v) is 6.41. The number of hydrogen-bond acceptors (Lipinski definition) is 6. The number of esters is 1. The summed E-state index contributed by atoms with van der Waals surface area (Å²) in [5.41, 5.74) is -1.17. The van der Waals surface area contributed by atoms with Crippen LogP contribution in [0.5, 0.6) is 0 Å². The van der Waals surface area contributed by atoms with E-state index in [0.29, 0.717) is 17.4 Å². The van der Waals surface area contributed by atoms with Crippen LogP contribution in [-0.4, -0.2) is 38.3 Å². The van der Waals surface area contributed by atoms with Crippen LogP contribution in [0.15, 0.2) is 35.5 Å². The van der Waals surface area contributed by atoms with Gasteiger partial charge in [-0.2, -0.15) is 4.68 Å². The molecule has 0 aliphatic carbocycles. The van der Waals surface area contributed by atoms with Gasteiger partial charge < -0.3 is 4.74 Å². The Morgan fingerprint density at radius 1 is 1.47 bits per heavy atom. The van der Waals surface area contributed by atoms with E-state index in [9.17, 15) is 9.18 Å². The predicted octanol–water partition coefficient (Wildman–Crippen LogP) is 1.61. The molecule has 100 valence electrons. The molecule has 0 spiro atoms. The minimum atomic E-state index is -1.85. The van der Waals surface area contributed by atoms with E-state index in [4.69, 9.17) is 0 Å². The second kappa shape index (κ2) is 6.28. The Morgan fingerprint density at radius 3 is 2.89 bits per heavy atom. The van der Waals surface area contributed by atoms with Crippen molar-refractivity contribution in [2.75, 3.05) is 6.61 Å². The summed E-state index contributed by atoms with van der Waals surface area (Å²) in [6.07, 6.45) is 0. The number of benzene rings is 1. The first-order chi connectivity index (χ1) is 9.22. The van der Waals surface area contributed by atoms with Crippen molar-refractivity contribution >= 4 is 17.7 Å². The number of carbonyl (C=O) groups excluding carboxylic acids is 1. The molecule has 0 saturated heterocycles. The standard InChI is InChI=1S/C11H11FN4O2S/c1-2-18-10(17)9(12)19-11-13-14-15-16(11)8-6-4-3-5-7-8/h3-7,9H,2H2,1H3. The Bertz CT molecular complexity index is 549. The summed E-state index contributed by atoms with van der Waals surface area (Å²) >= 11 is 0.605. The Kier molecular flexibility index (Phi) is 4.45. The van der Waals surface area contributed by atoms with E-state index in [2.05, 4.69) is 20.3 Å². The van der Waals surface area contributed by atoms with Crippen molar-refractivity contribution in [3.05, 3.63) is 30.3 Å². The molecule has 0 fully saturated rings. The molecule has 1 atom stereocenters. The van der Waals surface area contributed by atoms with Gasteiger partial charge in [0.1, 0.15) is 0 Å². The number of hydrogen-bond donors (Lipinski definition) is 0. The molecule has 0 aliphatic heterocycles. The number of tetrazole rings is 1. The first kappa shape index (κ1) is 13.5. The Morgan fingerprint density at radius 2 is 2.21 bits per heavy atom. The summed E-state index contributed by atoms with van der Waals surface area (Å²) in [5.74, 6) is -0.935. The average Bonchev–Trinajstić information content (AvgIpc) is 2.88. The van der Waals surface area contributed by atoms with Crippen LogP contribution in [0.3, 0.4) is 0 Å². The van der Waals surface area contributed by atoms with Crippen LogP contribution >= 0.6 is 11.8 Å². The van der Waals surface area contributed by atoms with Gasteiger partial charge in [0.2, 0.25) is 10.7 Å². The summed E-state index contributed by atoms with van der Waals surface area (Å²) < 4.78 is 19.6. The van der Waals surface area contributed by atoms with Gasteiger partial charge in [-0.25, -0.2) is 9.18 Å². The van der Waals surface area contributed by atoms with Crippen LogP contribution in [0.2, 0.25) is 0 Å². The molecule has 19 heavy (non-hydrogen) atoms. The molecule has 1 unspecified atom stereocenters. The number of nitrogens with zero attached hydrogens (tertiary/aromatic N) is 4. The fraction of sp³-hybridized carbons (Fsp3) is 0.273. The van der Waals surface area contributed by atoms with E-state index in [0.717, 1.165) is 0 Å². The first-order valence-electron chi connectivity index (χ1n) is 5.53. The topological polar surface area (TPSA) is 69.9 Å². The van der Waals surface area contributed by atoms with Crippen molar-refractivity contribution in [1.82, 2.24) is 20.2 Å². The lowest BCUT2D eigenvalue weighted by Crippen LogP contribution is -2.16. The minimum Gasteiger partial charge on any atom is -0.463 e. The Hall–Kier alpha value is -1.96. The van der Waals surface area contributed by atoms with Crippen LogP contribution in [0, 0.1) is 0 Å². The molecule has 2 aromatic rings. The molecule has 2 rings (SSSR count). The Balaban J connectivity index is 2.15. The van der Waals surface area contributed by atoms with E-state index in [1.807, 2.05) is 18.2 Å². The number of rotatable bonds is 5. The summed E-state index contributed by atoms with van der Waals surface area (Å²) in [6.45, 7) is 1.74. The molecule has 0 aliphatic rings. The van der Waals surface area contributed by atoms with Gasteiger partial charge in [-0.05, 0) is 41.2 Å². The highest BCUT2D eigenvalue weighted by Gasteiger charge is 2.23. The summed E-state index contributed by atoms with van der Waals surface area (Å²) in [4.78, 5) is 11.2. The number of thioether (sulfide) groups is 1. The molecule has 0 radical (unpaired) electrons. The maximum atomic E-state index is 13.6. The average molecular weight is 282 g/mol. The van der Waals surface area contributed by atoms with E-state index in [1.165, 1.54) is 4.68 Å². The van der Waals surface area contributed by atoms with E-state index in [1.54, 1.807) is 19.1 Å². The van der Waals surface area contributed by atoms with Gasteiger partial charge in [0, 0.05) is 0 Å². The lowest BCUT2D eigenvalue weighted by molar-refractivity contribution is -0.145. The highest BCUT2D eigenvalue weighted by molar-refractivity contribution is 8.00. The fourth-order valence-corrected chi connectivity index (χ4v) is 2.01. The molecule has 1 aromatic carbocycles. The number of aromatic nitrogens is 4. The van der Waals surface area contributed by atoms with Gasteiger partial charge in [-0.1, -0.05) is 18.2 Å². The van der Waals surface area contributed by atoms with Crippen molar-refractivity contribution in [1.29, 1.82) is 0 Å². The fourth-order valence-electron chi connectivity index (χ4n) is 1.33. The predicted molar refractivity (Wildman–Crippen MR) is 66.5 cm³/mol. The number of halogens is 1. The summed E-state index contributed by atoms with van der Waals surface area (Å²) in [7, 11) is 0. The maximum Gasteiger partial charge on any atom is 0.351 e. The molecular formula is C11H11FN4O2S. The number of para-hydroxylation sites is 1. The molecule has 0 amide bonds. The largest absolute Gasteiger partial charge is 0.463 e. The lowest BCUT2D eigenvalue weighted by atomic mass is 10.3. The van der Waals surface area contributed by atoms with Crippen LogP contribution in [0.25, 0.3) is 5.69 Å². The zero-order valence-electron chi connectivity index (χ0n) is 10.1. The quantitative estimate of drug-likeness (QED) is 0.613. The van der Waals surface area contributed by atoms with Crippen molar-refractivity contribution in [3.8, 4) is 5.69 Å². The zero-order chi connectivity index (χ0) is 13.7. The third-order valence-corrected chi connectivity index (χ3v) is 2.99. The molecular weight excluding hydrogens is 271 g/mol. The normalized spacial score (nSPS) is 12.1. The molecule has 0 saturated carbocycles. The molecule has 0 bridgehead atoms. The highest BCUT2D eigenvalue weighted by Crippen LogP contribution is 2.24. The number of carbonyl (C=O) groups is 1. The van der Waals surface area contributed by atoms with Gasteiger partial charge in [0.15, 0.2) is 0 Å². The van der Waals surface area contributed by atoms with E-state index in [-0.39, 0.29) is 11.8 Å². The summed E-state index contributed by atoms with van der Waals surface area (Å²) in [5, 5.41) is 11.1. The lowest BCUT2D eigenvalue weighted by Gasteiger charge is -2.07. The third kappa shape index (κ3) is 3.28. The van der Waals surface area contributed by atoms with Crippen molar-refractivity contribution < 1.29 is 13.9 Å². The second-order valence-corrected chi connectivity index (χ2v) is 4.41. The van der Waals surface area contributed by atoms with Gasteiger partial charge in [-0.3, -0.25) is 0 Å². The highest BCUT2D eigenvalue weighted by atomic mass is 32.2. The second-order valence-electron chi connectivity index (χ2n) is 3.39. The van der Waals surface area contributed by atoms with Crippen molar-refractivity contribution in [2.24, 2.45) is 0 Å². The van der Waals surface area contributed by atoms with E-state index >= 15 is 0 Å². The minimum absolute atomic E-state index is 0.128. The Labute approximate surface area is 112 Å². The van der Waals surface area contributed by atoms with Gasteiger partial charge in [-0.15, -0.1) is 5.10 Å². The van der Waals surface area contributed by atoms with E-state index < -0.39 is 11.5 Å². The molecule has 0 N–H and O–H groups in total. The van der Waals surface area contributed by atoms with Crippen LogP contribution in [-0.2, 0) is 9.53 Å². The maximum absolute atomic E-state index is 13.6. The smallest absolute Gasteiger partial charge is 0.351 e. The van der Waals surface area contributed by atoms with Gasteiger partial charge in [0.25, 0.3) is 0 Å². The molecule has 1 heterocycles. The third-order valence-electron chi connectivity index (χ3n) is 2.12. The molecule has 8 heteroatoms. The number of alkyl halides is 1. The van der Waals surface area contributed by atoms with Crippen LogP contribution in [0.4, 0.5) is 4.39 Å². The van der Waals surface area contributed by atoms with Crippen molar-refractivity contribution in [2.45, 2.75) is 17.6 Å². The SMILES string of the molecule is CCOC(=O)C(F)Sc1nnnn1-c1ccccc1. The van der Waals surface area contributed by atoms with Crippen LogP contribution < -0.4 is 0 Å². The summed E-state index contributed by atoms with van der Waals surface area (Å²) in [6, 6.07) is 9.01. The molecule has 1 aromatic heterocycles. The van der Waals surface area contributed by atoms with Crippen molar-refractivity contribution in [3.63, 3.8) is 0 Å². The number of ether oxygens (including phenoxy) is 1.